The van der Waals surface area contributed by atoms with Crippen molar-refractivity contribution in [3.63, 3.8) is 0 Å². The third kappa shape index (κ3) is 5.89. The van der Waals surface area contributed by atoms with Crippen LogP contribution < -0.4 is 10.1 Å². The number of hydrogen-bond acceptors (Lipinski definition) is 5. The quantitative estimate of drug-likeness (QED) is 0.751. The lowest BCUT2D eigenvalue weighted by Gasteiger charge is -2.26. The lowest BCUT2D eigenvalue weighted by molar-refractivity contribution is 0.128. The molecule has 2 amide bonds. The van der Waals surface area contributed by atoms with Gasteiger partial charge in [0.05, 0.1) is 30.8 Å². The van der Waals surface area contributed by atoms with E-state index >= 15 is 0 Å². The summed E-state index contributed by atoms with van der Waals surface area (Å²) in [6, 6.07) is 6.66. The number of aliphatic hydroxyl groups is 1. The molecule has 0 radical (unpaired) electrons. The first-order chi connectivity index (χ1) is 11.8. The Hall–Kier alpha value is -1.80. The number of nitrogens with zero attached hydrogens (tertiary/aromatic N) is 1. The molecule has 25 heavy (non-hydrogen) atoms. The Labute approximate surface area is 148 Å². The van der Waals surface area contributed by atoms with Crippen LogP contribution >= 0.6 is 0 Å². The zero-order valence-corrected chi connectivity index (χ0v) is 15.5. The number of ether oxygens (including phenoxy) is 1. The Kier molecular flexibility index (Phi) is 6.66. The minimum Gasteiger partial charge on any atom is -0.494 e. The molecule has 1 aromatic carbocycles. The van der Waals surface area contributed by atoms with E-state index in [9.17, 15) is 18.3 Å². The van der Waals surface area contributed by atoms with E-state index in [0.717, 1.165) is 5.56 Å². The maximum absolute atomic E-state index is 12.6. The molecule has 0 spiro atoms. The summed E-state index contributed by atoms with van der Waals surface area (Å²) >= 11 is 0. The summed E-state index contributed by atoms with van der Waals surface area (Å²) in [5, 5.41) is 12.5. The zero-order valence-electron chi connectivity index (χ0n) is 14.6. The molecule has 0 saturated carbocycles. The van der Waals surface area contributed by atoms with E-state index in [2.05, 4.69) is 5.32 Å². The van der Waals surface area contributed by atoms with Crippen molar-refractivity contribution in [2.24, 2.45) is 0 Å². The maximum atomic E-state index is 12.6. The van der Waals surface area contributed by atoms with Crippen molar-refractivity contribution in [2.45, 2.75) is 39.0 Å². The van der Waals surface area contributed by atoms with Crippen molar-refractivity contribution >= 4 is 15.9 Å². The van der Waals surface area contributed by atoms with E-state index in [4.69, 9.17) is 4.74 Å². The van der Waals surface area contributed by atoms with Gasteiger partial charge >= 0.3 is 6.03 Å². The van der Waals surface area contributed by atoms with Crippen molar-refractivity contribution in [1.82, 2.24) is 10.2 Å². The molecule has 7 nitrogen and oxygen atoms in total. The number of carbonyl (C=O) groups is 1. The average Bonchev–Trinajstić information content (AvgIpc) is 2.87. The van der Waals surface area contributed by atoms with Crippen LogP contribution in [0.15, 0.2) is 24.3 Å². The zero-order chi connectivity index (χ0) is 18.4. The fourth-order valence-electron chi connectivity index (χ4n) is 2.85. The molecule has 1 saturated heterocycles. The standard InChI is InChI=1S/C17H26N2O5S/c1-3-24-16-7-5-4-6-14(16)11-19(10-13(2)20)17(21)18-15-8-9-25(22,23)12-15/h4-7,13,15,20H,3,8-12H2,1-2H3,(H,18,21)/t13-,15-/m0/s1. The van der Waals surface area contributed by atoms with Crippen molar-refractivity contribution in [3.05, 3.63) is 29.8 Å². The van der Waals surface area contributed by atoms with E-state index < -0.39 is 15.9 Å². The highest BCUT2D eigenvalue weighted by atomic mass is 32.2. The normalized spacial score (nSPS) is 20.0. The Bertz CT molecular complexity index is 690. The molecule has 2 rings (SSSR count). The number of amides is 2. The maximum Gasteiger partial charge on any atom is 0.318 e. The molecule has 1 aliphatic rings. The van der Waals surface area contributed by atoms with E-state index in [1.165, 1.54) is 4.90 Å². The number of nitrogens with one attached hydrogen (secondary N) is 1. The van der Waals surface area contributed by atoms with Crippen LogP contribution in [0.4, 0.5) is 4.79 Å². The highest BCUT2D eigenvalue weighted by molar-refractivity contribution is 7.91. The van der Waals surface area contributed by atoms with Gasteiger partial charge in [0, 0.05) is 18.2 Å². The SMILES string of the molecule is CCOc1ccccc1CN(C[C@H](C)O)C(=O)N[C@H]1CCS(=O)(=O)C1. The molecule has 0 bridgehead atoms. The first kappa shape index (κ1) is 19.5. The predicted molar refractivity (Wildman–Crippen MR) is 95.3 cm³/mol. The first-order valence-corrected chi connectivity index (χ1v) is 10.3. The van der Waals surface area contributed by atoms with Gasteiger partial charge in [0.1, 0.15) is 5.75 Å². The number of para-hydroxylation sites is 1. The van der Waals surface area contributed by atoms with Crippen LogP contribution in [0.5, 0.6) is 5.75 Å². The number of urea groups is 1. The summed E-state index contributed by atoms with van der Waals surface area (Å²) < 4.78 is 28.7. The van der Waals surface area contributed by atoms with E-state index in [1.807, 2.05) is 31.2 Å². The summed E-state index contributed by atoms with van der Waals surface area (Å²) in [5.74, 6) is 0.759. The minimum atomic E-state index is -3.07. The summed E-state index contributed by atoms with van der Waals surface area (Å²) in [6.07, 6.45) is -0.274. The van der Waals surface area contributed by atoms with Crippen LogP contribution in [-0.4, -0.2) is 61.3 Å². The molecule has 0 aliphatic carbocycles. The Morgan fingerprint density at radius 3 is 2.76 bits per heavy atom. The number of hydrogen-bond donors (Lipinski definition) is 2. The predicted octanol–water partition coefficient (Wildman–Crippen LogP) is 1.16. The second-order valence-electron chi connectivity index (χ2n) is 6.32. The van der Waals surface area contributed by atoms with E-state index in [1.54, 1.807) is 6.92 Å². The van der Waals surface area contributed by atoms with Gasteiger partial charge in [-0.2, -0.15) is 0 Å². The Balaban J connectivity index is 2.09. The van der Waals surface area contributed by atoms with E-state index in [-0.39, 0.29) is 36.7 Å². The molecule has 140 valence electrons. The van der Waals surface area contributed by atoms with Crippen LogP contribution in [0.25, 0.3) is 0 Å². The molecular weight excluding hydrogens is 344 g/mol. The van der Waals surface area contributed by atoms with Gasteiger partial charge in [-0.05, 0) is 26.3 Å². The van der Waals surface area contributed by atoms with Crippen LogP contribution in [0, 0.1) is 0 Å². The van der Waals surface area contributed by atoms with Crippen molar-refractivity contribution in [1.29, 1.82) is 0 Å². The number of aliphatic hydroxyl groups excluding tert-OH is 1. The lowest BCUT2D eigenvalue weighted by atomic mass is 10.2. The average molecular weight is 370 g/mol. The summed E-state index contributed by atoms with van der Waals surface area (Å²) in [6.45, 7) is 4.42. The molecule has 1 heterocycles. The van der Waals surface area contributed by atoms with Crippen molar-refractivity contribution < 1.29 is 23.1 Å². The molecule has 1 aromatic rings. The largest absolute Gasteiger partial charge is 0.494 e. The molecule has 0 aromatic heterocycles. The molecule has 0 unspecified atom stereocenters. The molecule has 8 heteroatoms. The summed E-state index contributed by atoms with van der Waals surface area (Å²) in [5.41, 5.74) is 0.833. The number of benzene rings is 1. The Morgan fingerprint density at radius 1 is 1.44 bits per heavy atom. The fourth-order valence-corrected chi connectivity index (χ4v) is 4.52. The fraction of sp³-hybridized carbons (Fsp3) is 0.588. The van der Waals surface area contributed by atoms with Crippen LogP contribution in [-0.2, 0) is 16.4 Å². The minimum absolute atomic E-state index is 0.0310. The van der Waals surface area contributed by atoms with Gasteiger partial charge in [-0.3, -0.25) is 0 Å². The highest BCUT2D eigenvalue weighted by Gasteiger charge is 2.30. The smallest absolute Gasteiger partial charge is 0.318 e. The first-order valence-electron chi connectivity index (χ1n) is 8.45. The van der Waals surface area contributed by atoms with Gasteiger partial charge in [-0.25, -0.2) is 13.2 Å². The van der Waals surface area contributed by atoms with Gasteiger partial charge in [0.25, 0.3) is 0 Å². The molecule has 2 atom stereocenters. The number of rotatable bonds is 7. The number of carbonyl (C=O) groups excluding carboxylic acids is 1. The van der Waals surface area contributed by atoms with Crippen LogP contribution in [0.1, 0.15) is 25.8 Å². The van der Waals surface area contributed by atoms with Gasteiger partial charge < -0.3 is 20.1 Å². The highest BCUT2D eigenvalue weighted by Crippen LogP contribution is 2.20. The Morgan fingerprint density at radius 2 is 2.16 bits per heavy atom. The third-order valence-electron chi connectivity index (χ3n) is 3.97. The van der Waals surface area contributed by atoms with Gasteiger partial charge in [-0.15, -0.1) is 0 Å². The van der Waals surface area contributed by atoms with Crippen molar-refractivity contribution in [3.8, 4) is 5.75 Å². The molecule has 1 fully saturated rings. The second-order valence-corrected chi connectivity index (χ2v) is 8.55. The lowest BCUT2D eigenvalue weighted by Crippen LogP contribution is -2.47. The summed E-state index contributed by atoms with van der Waals surface area (Å²) in [4.78, 5) is 14.1. The molecule has 2 N–H and O–H groups in total. The molecule has 1 aliphatic heterocycles. The molecular formula is C17H26N2O5S. The number of sulfone groups is 1. The van der Waals surface area contributed by atoms with Gasteiger partial charge in [0.15, 0.2) is 9.84 Å². The third-order valence-corrected chi connectivity index (χ3v) is 5.73. The van der Waals surface area contributed by atoms with Gasteiger partial charge in [-0.1, -0.05) is 18.2 Å². The van der Waals surface area contributed by atoms with Crippen LogP contribution in [0.2, 0.25) is 0 Å². The topological polar surface area (TPSA) is 95.9 Å². The van der Waals surface area contributed by atoms with Crippen molar-refractivity contribution in [2.75, 3.05) is 24.7 Å². The van der Waals surface area contributed by atoms with Gasteiger partial charge in [0.2, 0.25) is 0 Å². The van der Waals surface area contributed by atoms with E-state index in [0.29, 0.717) is 18.8 Å². The van der Waals surface area contributed by atoms with Crippen LogP contribution in [0.3, 0.4) is 0 Å². The summed E-state index contributed by atoms with van der Waals surface area (Å²) in [7, 11) is -3.07. The second kappa shape index (κ2) is 8.53. The monoisotopic (exact) mass is 370 g/mol.